The van der Waals surface area contributed by atoms with E-state index in [0.717, 1.165) is 24.3 Å². The van der Waals surface area contributed by atoms with E-state index in [1.807, 2.05) is 0 Å². The largest absolute Gasteiger partial charge is 0.301 e. The first kappa shape index (κ1) is 19.6. The van der Waals surface area contributed by atoms with Crippen LogP contribution in [0, 0.1) is 0 Å². The van der Waals surface area contributed by atoms with Gasteiger partial charge in [-0.25, -0.2) is 0 Å². The van der Waals surface area contributed by atoms with Gasteiger partial charge >= 0.3 is 0 Å². The quantitative estimate of drug-likeness (QED) is 0.729. The first-order valence-electron chi connectivity index (χ1n) is 9.06. The first-order valence-corrected chi connectivity index (χ1v) is 9.87. The minimum absolute atomic E-state index is 0.00727. The predicted octanol–water partition coefficient (Wildman–Crippen LogP) is 5.31. The Balaban J connectivity index is 1.86. The molecule has 1 heterocycles. The molecule has 136 valence electrons. The Labute approximate surface area is 155 Å². The summed E-state index contributed by atoms with van der Waals surface area (Å²) in [5.41, 5.74) is 2.64. The van der Waals surface area contributed by atoms with Crippen molar-refractivity contribution in [3.8, 4) is 0 Å². The van der Waals surface area contributed by atoms with Crippen LogP contribution in [-0.2, 0) is 16.6 Å². The molecule has 0 fully saturated rings. The second kappa shape index (κ2) is 8.56. The van der Waals surface area contributed by atoms with Crippen molar-refractivity contribution >= 4 is 22.4 Å². The van der Waals surface area contributed by atoms with E-state index in [0.29, 0.717) is 17.5 Å². The SMILES string of the molecule is CCC(CC)c1nnc(NC(=O)CCc2ccc(C(C)(C)C)cc2)s1. The zero-order chi connectivity index (χ0) is 18.4. The summed E-state index contributed by atoms with van der Waals surface area (Å²) in [6.07, 6.45) is 3.27. The van der Waals surface area contributed by atoms with Crippen LogP contribution in [0.1, 0.15) is 75.9 Å². The molecule has 25 heavy (non-hydrogen) atoms. The number of aromatic nitrogens is 2. The molecule has 0 saturated heterocycles. The third-order valence-electron chi connectivity index (χ3n) is 4.48. The van der Waals surface area contributed by atoms with Crippen molar-refractivity contribution < 1.29 is 4.79 Å². The molecular weight excluding hydrogens is 330 g/mol. The maximum atomic E-state index is 12.2. The maximum Gasteiger partial charge on any atom is 0.226 e. The molecular formula is C20H29N3OS. The Bertz CT molecular complexity index is 682. The van der Waals surface area contributed by atoms with Crippen molar-refractivity contribution in [3.63, 3.8) is 0 Å². The van der Waals surface area contributed by atoms with Crippen LogP contribution in [0.2, 0.25) is 0 Å². The standard InChI is InChI=1S/C20H29N3OS/c1-6-15(7-2)18-22-23-19(25-18)21-17(24)13-10-14-8-11-16(12-9-14)20(3,4)5/h8-9,11-12,15H,6-7,10,13H2,1-5H3,(H,21,23,24). The number of hydrogen-bond donors (Lipinski definition) is 1. The van der Waals surface area contributed by atoms with Crippen molar-refractivity contribution in [1.82, 2.24) is 10.2 Å². The van der Waals surface area contributed by atoms with Gasteiger partial charge in [-0.05, 0) is 35.8 Å². The molecule has 5 heteroatoms. The number of carbonyl (C=O) groups is 1. The fourth-order valence-corrected chi connectivity index (χ4v) is 3.73. The number of hydrogen-bond acceptors (Lipinski definition) is 4. The van der Waals surface area contributed by atoms with E-state index in [2.05, 4.69) is 74.4 Å². The Hall–Kier alpha value is -1.75. The first-order chi connectivity index (χ1) is 11.8. The average molecular weight is 360 g/mol. The van der Waals surface area contributed by atoms with E-state index in [-0.39, 0.29) is 11.3 Å². The number of aryl methyl sites for hydroxylation is 1. The summed E-state index contributed by atoms with van der Waals surface area (Å²) in [4.78, 5) is 12.2. The fraction of sp³-hybridized carbons (Fsp3) is 0.550. The molecule has 1 N–H and O–H groups in total. The van der Waals surface area contributed by atoms with Gasteiger partial charge in [0, 0.05) is 12.3 Å². The summed E-state index contributed by atoms with van der Waals surface area (Å²) >= 11 is 1.49. The molecule has 1 aromatic heterocycles. The van der Waals surface area contributed by atoms with E-state index in [1.165, 1.54) is 22.5 Å². The van der Waals surface area contributed by atoms with Crippen molar-refractivity contribution in [2.24, 2.45) is 0 Å². The number of carbonyl (C=O) groups excluding carboxylic acids is 1. The fourth-order valence-electron chi connectivity index (χ4n) is 2.70. The minimum Gasteiger partial charge on any atom is -0.301 e. The predicted molar refractivity (Wildman–Crippen MR) is 105 cm³/mol. The summed E-state index contributed by atoms with van der Waals surface area (Å²) in [5, 5.41) is 12.8. The topological polar surface area (TPSA) is 54.9 Å². The van der Waals surface area contributed by atoms with Gasteiger partial charge in [0.2, 0.25) is 11.0 Å². The summed E-state index contributed by atoms with van der Waals surface area (Å²) < 4.78 is 0. The van der Waals surface area contributed by atoms with Gasteiger partial charge in [-0.2, -0.15) is 0 Å². The smallest absolute Gasteiger partial charge is 0.226 e. The van der Waals surface area contributed by atoms with Crippen LogP contribution in [-0.4, -0.2) is 16.1 Å². The molecule has 2 aromatic rings. The lowest BCUT2D eigenvalue weighted by Crippen LogP contribution is -2.13. The highest BCUT2D eigenvalue weighted by Gasteiger charge is 2.15. The van der Waals surface area contributed by atoms with Crippen LogP contribution in [0.25, 0.3) is 0 Å². The number of nitrogens with one attached hydrogen (secondary N) is 1. The van der Waals surface area contributed by atoms with Crippen molar-refractivity contribution in [1.29, 1.82) is 0 Å². The van der Waals surface area contributed by atoms with Crippen molar-refractivity contribution in [2.75, 3.05) is 5.32 Å². The van der Waals surface area contributed by atoms with Gasteiger partial charge in [-0.1, -0.05) is 70.2 Å². The van der Waals surface area contributed by atoms with Gasteiger partial charge in [-0.15, -0.1) is 10.2 Å². The Morgan fingerprint density at radius 2 is 1.76 bits per heavy atom. The molecule has 0 aliphatic rings. The molecule has 1 amide bonds. The third kappa shape index (κ3) is 5.63. The van der Waals surface area contributed by atoms with E-state index in [1.54, 1.807) is 0 Å². The number of rotatable bonds is 7. The number of anilines is 1. The second-order valence-corrected chi connectivity index (χ2v) is 8.46. The average Bonchev–Trinajstić information content (AvgIpc) is 3.02. The summed E-state index contributed by atoms with van der Waals surface area (Å²) in [7, 11) is 0. The van der Waals surface area contributed by atoms with Crippen molar-refractivity contribution in [3.05, 3.63) is 40.4 Å². The zero-order valence-corrected chi connectivity index (χ0v) is 16.7. The van der Waals surface area contributed by atoms with E-state index >= 15 is 0 Å². The molecule has 4 nitrogen and oxygen atoms in total. The highest BCUT2D eigenvalue weighted by molar-refractivity contribution is 7.15. The lowest BCUT2D eigenvalue weighted by molar-refractivity contribution is -0.116. The molecule has 1 aromatic carbocycles. The van der Waals surface area contributed by atoms with Crippen molar-refractivity contribution in [2.45, 2.75) is 71.6 Å². The maximum absolute atomic E-state index is 12.2. The van der Waals surface area contributed by atoms with E-state index in [9.17, 15) is 4.79 Å². The lowest BCUT2D eigenvalue weighted by Gasteiger charge is -2.19. The molecule has 0 atom stereocenters. The van der Waals surface area contributed by atoms with E-state index in [4.69, 9.17) is 0 Å². The molecule has 2 rings (SSSR count). The van der Waals surface area contributed by atoms with E-state index < -0.39 is 0 Å². The second-order valence-electron chi connectivity index (χ2n) is 7.45. The van der Waals surface area contributed by atoms with Crippen LogP contribution in [0.3, 0.4) is 0 Å². The molecule has 0 aliphatic heterocycles. The Morgan fingerprint density at radius 1 is 1.12 bits per heavy atom. The Kier molecular flexibility index (Phi) is 6.71. The molecule has 0 aliphatic carbocycles. The van der Waals surface area contributed by atoms with Gasteiger partial charge in [0.25, 0.3) is 0 Å². The zero-order valence-electron chi connectivity index (χ0n) is 15.9. The molecule has 0 bridgehead atoms. The van der Waals surface area contributed by atoms with Crippen LogP contribution in [0.5, 0.6) is 0 Å². The number of amides is 1. The Morgan fingerprint density at radius 3 is 2.32 bits per heavy atom. The minimum atomic E-state index is -0.00727. The summed E-state index contributed by atoms with van der Waals surface area (Å²) in [5.74, 6) is 0.427. The number of benzene rings is 1. The highest BCUT2D eigenvalue weighted by Crippen LogP contribution is 2.28. The summed E-state index contributed by atoms with van der Waals surface area (Å²) in [6, 6.07) is 8.54. The molecule has 0 spiro atoms. The number of nitrogens with zero attached hydrogens (tertiary/aromatic N) is 2. The lowest BCUT2D eigenvalue weighted by atomic mass is 9.86. The van der Waals surface area contributed by atoms with Crippen LogP contribution < -0.4 is 5.32 Å². The monoisotopic (exact) mass is 359 g/mol. The van der Waals surface area contributed by atoms with Gasteiger partial charge in [0.15, 0.2) is 0 Å². The van der Waals surface area contributed by atoms with Crippen LogP contribution >= 0.6 is 11.3 Å². The van der Waals surface area contributed by atoms with Crippen LogP contribution in [0.4, 0.5) is 5.13 Å². The van der Waals surface area contributed by atoms with Gasteiger partial charge in [-0.3, -0.25) is 4.79 Å². The normalized spacial score (nSPS) is 11.8. The molecule has 0 radical (unpaired) electrons. The van der Waals surface area contributed by atoms with Crippen LogP contribution in [0.15, 0.2) is 24.3 Å². The van der Waals surface area contributed by atoms with Gasteiger partial charge in [0.05, 0.1) is 0 Å². The third-order valence-corrected chi connectivity index (χ3v) is 5.48. The summed E-state index contributed by atoms with van der Waals surface area (Å²) in [6.45, 7) is 10.9. The highest BCUT2D eigenvalue weighted by atomic mass is 32.1. The van der Waals surface area contributed by atoms with Gasteiger partial charge < -0.3 is 5.32 Å². The van der Waals surface area contributed by atoms with Gasteiger partial charge in [0.1, 0.15) is 5.01 Å². The molecule has 0 saturated carbocycles. The molecule has 0 unspecified atom stereocenters.